The third-order valence-corrected chi connectivity index (χ3v) is 4.59. The molecule has 0 amide bonds. The van der Waals surface area contributed by atoms with E-state index in [4.69, 9.17) is 4.74 Å². The molecule has 7 heteroatoms. The van der Waals surface area contributed by atoms with Crippen molar-refractivity contribution < 1.29 is 13.2 Å². The highest BCUT2D eigenvalue weighted by Gasteiger charge is 2.21. The number of ether oxygens (including phenoxy) is 1. The zero-order chi connectivity index (χ0) is 16.3. The lowest BCUT2D eigenvalue weighted by Crippen LogP contribution is -2.13. The van der Waals surface area contributed by atoms with E-state index >= 15 is 0 Å². The van der Waals surface area contributed by atoms with Gasteiger partial charge in [-0.25, -0.2) is 8.42 Å². The molecule has 6 nitrogen and oxygen atoms in total. The predicted octanol–water partition coefficient (Wildman–Crippen LogP) is 2.97. The van der Waals surface area contributed by atoms with E-state index in [-0.39, 0.29) is 10.9 Å². The van der Waals surface area contributed by atoms with Gasteiger partial charge < -0.3 is 4.74 Å². The second-order valence-electron chi connectivity index (χ2n) is 5.22. The van der Waals surface area contributed by atoms with Crippen LogP contribution in [0.5, 0.6) is 5.75 Å². The summed E-state index contributed by atoms with van der Waals surface area (Å²) >= 11 is 0. The molecule has 0 spiro atoms. The summed E-state index contributed by atoms with van der Waals surface area (Å²) in [6, 6.07) is 6.90. The quantitative estimate of drug-likeness (QED) is 0.887. The molecule has 0 aliphatic heterocycles. The van der Waals surface area contributed by atoms with E-state index < -0.39 is 10.0 Å². The number of benzene rings is 1. The second kappa shape index (κ2) is 6.39. The van der Waals surface area contributed by atoms with Crippen molar-refractivity contribution in [1.82, 2.24) is 9.78 Å². The van der Waals surface area contributed by atoms with Gasteiger partial charge in [0.2, 0.25) is 0 Å². The van der Waals surface area contributed by atoms with E-state index in [0.717, 1.165) is 0 Å². The number of aromatic nitrogens is 2. The van der Waals surface area contributed by atoms with Crippen LogP contribution in [-0.2, 0) is 10.0 Å². The minimum Gasteiger partial charge on any atom is -0.494 e. The molecule has 2 rings (SSSR count). The molecule has 1 aromatic carbocycles. The Morgan fingerprint density at radius 1 is 1.27 bits per heavy atom. The van der Waals surface area contributed by atoms with Crippen molar-refractivity contribution in [1.29, 1.82) is 0 Å². The van der Waals surface area contributed by atoms with Crippen molar-refractivity contribution >= 4 is 15.7 Å². The second-order valence-corrected chi connectivity index (χ2v) is 6.87. The number of hydrogen-bond donors (Lipinski definition) is 1. The number of aryl methyl sites for hydroxylation is 1. The summed E-state index contributed by atoms with van der Waals surface area (Å²) in [4.78, 5) is 0.190. The van der Waals surface area contributed by atoms with Gasteiger partial charge >= 0.3 is 0 Å². The first kappa shape index (κ1) is 16.4. The number of nitrogens with one attached hydrogen (secondary N) is 1. The van der Waals surface area contributed by atoms with E-state index in [9.17, 15) is 8.42 Å². The number of sulfonamides is 1. The van der Waals surface area contributed by atoms with E-state index in [2.05, 4.69) is 9.82 Å². The summed E-state index contributed by atoms with van der Waals surface area (Å²) in [7, 11) is -3.66. The Balaban J connectivity index is 2.24. The van der Waals surface area contributed by atoms with Gasteiger partial charge in [-0.2, -0.15) is 5.10 Å². The lowest BCUT2D eigenvalue weighted by molar-refractivity contribution is 0.340. The van der Waals surface area contributed by atoms with Crippen LogP contribution in [0.3, 0.4) is 0 Å². The first-order valence-electron chi connectivity index (χ1n) is 7.15. The van der Waals surface area contributed by atoms with Crippen molar-refractivity contribution in [3.8, 4) is 5.75 Å². The maximum Gasteiger partial charge on any atom is 0.265 e. The summed E-state index contributed by atoms with van der Waals surface area (Å²) in [5.41, 5.74) is 0.965. The van der Waals surface area contributed by atoms with Gasteiger partial charge in [0.15, 0.2) is 0 Å². The molecule has 0 saturated heterocycles. The molecule has 0 aliphatic carbocycles. The first-order chi connectivity index (χ1) is 10.3. The van der Waals surface area contributed by atoms with Crippen LogP contribution in [0.15, 0.2) is 35.4 Å². The van der Waals surface area contributed by atoms with Crippen LogP contribution in [0.1, 0.15) is 32.5 Å². The van der Waals surface area contributed by atoms with Crippen LogP contribution in [0.4, 0.5) is 5.69 Å². The molecule has 0 atom stereocenters. The number of anilines is 1. The minimum absolute atomic E-state index is 0.105. The van der Waals surface area contributed by atoms with Crippen molar-refractivity contribution in [2.45, 2.75) is 38.6 Å². The Bertz CT molecular complexity index is 734. The van der Waals surface area contributed by atoms with Gasteiger partial charge in [0, 0.05) is 17.9 Å². The maximum atomic E-state index is 12.5. The van der Waals surface area contributed by atoms with Crippen molar-refractivity contribution in [3.05, 3.63) is 36.2 Å². The minimum atomic E-state index is -3.66. The number of rotatable bonds is 6. The summed E-state index contributed by atoms with van der Waals surface area (Å²) < 4.78 is 34.5. The number of hydrogen-bond acceptors (Lipinski definition) is 4. The smallest absolute Gasteiger partial charge is 0.265 e. The monoisotopic (exact) mass is 323 g/mol. The summed E-state index contributed by atoms with van der Waals surface area (Å²) in [5.74, 6) is 0.703. The fourth-order valence-corrected chi connectivity index (χ4v) is 3.22. The van der Waals surface area contributed by atoms with Gasteiger partial charge in [0.05, 0.1) is 12.3 Å². The molecule has 22 heavy (non-hydrogen) atoms. The average Bonchev–Trinajstić information content (AvgIpc) is 2.84. The lowest BCUT2D eigenvalue weighted by Gasteiger charge is -2.08. The van der Waals surface area contributed by atoms with Gasteiger partial charge in [-0.05, 0) is 52.0 Å². The Labute approximate surface area is 131 Å². The molecule has 0 saturated carbocycles. The highest BCUT2D eigenvalue weighted by molar-refractivity contribution is 7.92. The van der Waals surface area contributed by atoms with Crippen LogP contribution in [0.25, 0.3) is 0 Å². The topological polar surface area (TPSA) is 73.2 Å². The van der Waals surface area contributed by atoms with Crippen molar-refractivity contribution in [2.75, 3.05) is 11.3 Å². The van der Waals surface area contributed by atoms with Gasteiger partial charge in [0.1, 0.15) is 10.6 Å². The average molecular weight is 323 g/mol. The van der Waals surface area contributed by atoms with Crippen LogP contribution in [-0.4, -0.2) is 24.8 Å². The van der Waals surface area contributed by atoms with E-state index in [0.29, 0.717) is 23.7 Å². The fourth-order valence-electron chi connectivity index (χ4n) is 1.99. The third kappa shape index (κ3) is 3.59. The molecular weight excluding hydrogens is 302 g/mol. The van der Waals surface area contributed by atoms with Gasteiger partial charge in [-0.15, -0.1) is 0 Å². The van der Waals surface area contributed by atoms with Crippen LogP contribution < -0.4 is 9.46 Å². The molecule has 1 N–H and O–H groups in total. The molecule has 0 aliphatic rings. The van der Waals surface area contributed by atoms with E-state index in [1.165, 1.54) is 0 Å². The summed E-state index contributed by atoms with van der Waals surface area (Å²) in [6.45, 7) is 8.04. The Morgan fingerprint density at radius 2 is 1.91 bits per heavy atom. The molecule has 0 radical (unpaired) electrons. The van der Waals surface area contributed by atoms with Crippen LogP contribution in [0.2, 0.25) is 0 Å². The molecule has 0 fully saturated rings. The summed E-state index contributed by atoms with van der Waals surface area (Å²) in [6.07, 6.45) is 1.55. The normalized spacial score (nSPS) is 11.7. The Hall–Kier alpha value is -2.02. The van der Waals surface area contributed by atoms with Gasteiger partial charge in [-0.1, -0.05) is 0 Å². The lowest BCUT2D eigenvalue weighted by atomic mass is 10.3. The fraction of sp³-hybridized carbons (Fsp3) is 0.400. The van der Waals surface area contributed by atoms with Crippen molar-refractivity contribution in [2.24, 2.45) is 0 Å². The predicted molar refractivity (Wildman–Crippen MR) is 85.8 cm³/mol. The molecule has 1 aromatic heterocycles. The standard InChI is InChI=1S/C15H21N3O3S/c1-5-21-14-8-6-13(7-9-14)17-22(19,20)15-10-18(11(2)3)16-12(15)4/h6-11,17H,5H2,1-4H3. The molecule has 2 aromatic rings. The largest absolute Gasteiger partial charge is 0.494 e. The molecular formula is C15H21N3O3S. The summed E-state index contributed by atoms with van der Waals surface area (Å²) in [5, 5.41) is 4.23. The molecule has 0 bridgehead atoms. The third-order valence-electron chi connectivity index (χ3n) is 3.11. The highest BCUT2D eigenvalue weighted by Crippen LogP contribution is 2.22. The van der Waals surface area contributed by atoms with Crippen molar-refractivity contribution in [3.63, 3.8) is 0 Å². The zero-order valence-electron chi connectivity index (χ0n) is 13.2. The van der Waals surface area contributed by atoms with Gasteiger partial charge in [0.25, 0.3) is 10.0 Å². The zero-order valence-corrected chi connectivity index (χ0v) is 14.0. The van der Waals surface area contributed by atoms with E-state index in [1.807, 2.05) is 20.8 Å². The van der Waals surface area contributed by atoms with Crippen LogP contribution in [0, 0.1) is 6.92 Å². The first-order valence-corrected chi connectivity index (χ1v) is 8.63. The molecule has 120 valence electrons. The van der Waals surface area contributed by atoms with Gasteiger partial charge in [-0.3, -0.25) is 9.40 Å². The SMILES string of the molecule is CCOc1ccc(NS(=O)(=O)c2cn(C(C)C)nc2C)cc1. The number of nitrogens with zero attached hydrogens (tertiary/aromatic N) is 2. The van der Waals surface area contributed by atoms with Crippen LogP contribution >= 0.6 is 0 Å². The molecule has 1 heterocycles. The van der Waals surface area contributed by atoms with E-state index in [1.54, 1.807) is 42.1 Å². The molecule has 0 unspecified atom stereocenters. The Kier molecular flexibility index (Phi) is 4.75. The maximum absolute atomic E-state index is 12.5. The highest BCUT2D eigenvalue weighted by atomic mass is 32.2. The Morgan fingerprint density at radius 3 is 2.41 bits per heavy atom.